The maximum absolute atomic E-state index is 10.1. The molecule has 0 amide bonds. The molecule has 2 saturated carbocycles. The minimum Gasteiger partial charge on any atom is -0.393 e. The number of aliphatic hydroxyl groups excluding tert-OH is 1. The Hall–Kier alpha value is -1.87. The van der Waals surface area contributed by atoms with Gasteiger partial charge in [0.05, 0.1) is 11.8 Å². The Labute approximate surface area is 214 Å². The topological polar surface area (TPSA) is 41.8 Å². The van der Waals surface area contributed by atoms with Gasteiger partial charge in [0.1, 0.15) is 6.61 Å². The molecule has 1 N–H and O–H groups in total. The SMILES string of the molecule is C=CCO/N=C(\CCCC(C)C1=CCC2/C(=C/C=C3/CC(O)CCC3=C)CCCC12C)C(C)(C)C. The van der Waals surface area contributed by atoms with Crippen LogP contribution < -0.4 is 0 Å². The Balaban J connectivity index is 1.64. The lowest BCUT2D eigenvalue weighted by atomic mass is 9.62. The zero-order chi connectivity index (χ0) is 25.6. The lowest BCUT2D eigenvalue weighted by Crippen LogP contribution is -2.32. The zero-order valence-electron chi connectivity index (χ0n) is 23.0. The summed E-state index contributed by atoms with van der Waals surface area (Å²) in [6.45, 7) is 20.0. The van der Waals surface area contributed by atoms with Crippen LogP contribution in [0.25, 0.3) is 0 Å². The highest BCUT2D eigenvalue weighted by molar-refractivity contribution is 5.88. The standard InChI is InChI=1S/C32H49NO2/c1-8-21-35-33-30(31(4,5)6)13-9-11-24(3)28-18-19-29-25(12-10-20-32(28,29)7)15-16-26-22-27(34)17-14-23(26)2/h8,15-16,18,24,27,29,34H,1-2,9-14,17,19-22H2,3-7H3/b25-15+,26-16-,33-30+. The van der Waals surface area contributed by atoms with Gasteiger partial charge in [-0.05, 0) is 87.0 Å². The van der Waals surface area contributed by atoms with E-state index in [1.54, 1.807) is 17.2 Å². The molecule has 3 rings (SSSR count). The van der Waals surface area contributed by atoms with Gasteiger partial charge in [0.25, 0.3) is 0 Å². The van der Waals surface area contributed by atoms with Gasteiger partial charge in [-0.3, -0.25) is 0 Å². The quantitative estimate of drug-likeness (QED) is 0.156. The summed E-state index contributed by atoms with van der Waals surface area (Å²) >= 11 is 0. The summed E-state index contributed by atoms with van der Waals surface area (Å²) in [6.07, 6.45) is 19.5. The van der Waals surface area contributed by atoms with Crippen LogP contribution in [0.4, 0.5) is 0 Å². The van der Waals surface area contributed by atoms with Gasteiger partial charge in [0.15, 0.2) is 0 Å². The first-order valence-electron chi connectivity index (χ1n) is 13.8. The van der Waals surface area contributed by atoms with E-state index < -0.39 is 0 Å². The molecule has 0 aromatic rings. The van der Waals surface area contributed by atoms with E-state index in [0.29, 0.717) is 18.4 Å². The highest BCUT2D eigenvalue weighted by Gasteiger charge is 2.45. The van der Waals surface area contributed by atoms with Gasteiger partial charge in [-0.1, -0.05) is 94.0 Å². The number of fused-ring (bicyclic) bond motifs is 1. The number of allylic oxidation sites excluding steroid dienone is 6. The van der Waals surface area contributed by atoms with E-state index in [1.165, 1.54) is 43.3 Å². The molecule has 2 fully saturated rings. The summed E-state index contributed by atoms with van der Waals surface area (Å²) in [5.41, 5.74) is 7.16. The van der Waals surface area contributed by atoms with Crippen LogP contribution in [0, 0.1) is 22.7 Å². The summed E-state index contributed by atoms with van der Waals surface area (Å²) in [5, 5.41) is 14.5. The van der Waals surface area contributed by atoms with E-state index in [-0.39, 0.29) is 16.9 Å². The van der Waals surface area contributed by atoms with Crippen LogP contribution in [0.1, 0.15) is 98.8 Å². The first-order valence-corrected chi connectivity index (χ1v) is 13.8. The molecule has 0 aromatic carbocycles. The van der Waals surface area contributed by atoms with E-state index >= 15 is 0 Å². The van der Waals surface area contributed by atoms with Crippen molar-refractivity contribution < 1.29 is 9.94 Å². The van der Waals surface area contributed by atoms with Crippen molar-refractivity contribution in [1.82, 2.24) is 0 Å². The molecule has 0 aromatic heterocycles. The Morgan fingerprint density at radius 1 is 1.31 bits per heavy atom. The smallest absolute Gasteiger partial charge is 0.135 e. The molecule has 0 radical (unpaired) electrons. The van der Waals surface area contributed by atoms with E-state index in [4.69, 9.17) is 4.84 Å². The van der Waals surface area contributed by atoms with Crippen molar-refractivity contribution in [2.75, 3.05) is 6.61 Å². The number of oxime groups is 1. The molecule has 0 heterocycles. The molecular weight excluding hydrogens is 430 g/mol. The Kier molecular flexibility index (Phi) is 9.43. The van der Waals surface area contributed by atoms with Crippen molar-refractivity contribution in [1.29, 1.82) is 0 Å². The monoisotopic (exact) mass is 479 g/mol. The second-order valence-electron chi connectivity index (χ2n) is 12.3. The van der Waals surface area contributed by atoms with Gasteiger partial charge in [-0.25, -0.2) is 0 Å². The number of rotatable bonds is 9. The Morgan fingerprint density at radius 2 is 2.09 bits per heavy atom. The van der Waals surface area contributed by atoms with Gasteiger partial charge in [0, 0.05) is 5.41 Å². The molecule has 0 aliphatic heterocycles. The summed E-state index contributed by atoms with van der Waals surface area (Å²) in [7, 11) is 0. The van der Waals surface area contributed by atoms with Crippen LogP contribution >= 0.6 is 0 Å². The molecule has 0 saturated heterocycles. The summed E-state index contributed by atoms with van der Waals surface area (Å²) in [4.78, 5) is 5.43. The second kappa shape index (κ2) is 11.9. The normalized spacial score (nSPS) is 30.9. The van der Waals surface area contributed by atoms with Crippen molar-refractivity contribution in [2.24, 2.45) is 27.8 Å². The highest BCUT2D eigenvalue weighted by atomic mass is 16.6. The lowest BCUT2D eigenvalue weighted by molar-refractivity contribution is 0.158. The molecule has 3 heteroatoms. The van der Waals surface area contributed by atoms with E-state index in [2.05, 4.69) is 71.2 Å². The largest absolute Gasteiger partial charge is 0.393 e. The van der Waals surface area contributed by atoms with Crippen LogP contribution in [0.5, 0.6) is 0 Å². The van der Waals surface area contributed by atoms with Crippen LogP contribution in [0.2, 0.25) is 0 Å². The first-order chi connectivity index (χ1) is 16.6. The third kappa shape index (κ3) is 6.88. The molecular formula is C32H49NO2. The van der Waals surface area contributed by atoms with Crippen molar-refractivity contribution >= 4 is 5.71 Å². The van der Waals surface area contributed by atoms with Crippen LogP contribution in [0.3, 0.4) is 0 Å². The predicted octanol–water partition coefficient (Wildman–Crippen LogP) is 8.49. The van der Waals surface area contributed by atoms with Gasteiger partial charge < -0.3 is 9.94 Å². The molecule has 4 atom stereocenters. The third-order valence-corrected chi connectivity index (χ3v) is 8.61. The summed E-state index contributed by atoms with van der Waals surface area (Å²) in [5.74, 6) is 1.21. The number of aliphatic hydroxyl groups is 1. The van der Waals surface area contributed by atoms with Crippen LogP contribution in [-0.2, 0) is 4.84 Å². The summed E-state index contributed by atoms with van der Waals surface area (Å²) in [6, 6.07) is 0. The van der Waals surface area contributed by atoms with Crippen molar-refractivity contribution in [3.05, 3.63) is 59.8 Å². The maximum Gasteiger partial charge on any atom is 0.135 e. The van der Waals surface area contributed by atoms with E-state index in [1.807, 2.05) is 0 Å². The molecule has 3 aliphatic rings. The molecule has 0 spiro atoms. The fourth-order valence-corrected chi connectivity index (χ4v) is 6.47. The van der Waals surface area contributed by atoms with E-state index in [0.717, 1.165) is 37.8 Å². The third-order valence-electron chi connectivity index (χ3n) is 8.61. The fraction of sp³-hybridized carbons (Fsp3) is 0.656. The average molecular weight is 480 g/mol. The molecule has 4 unspecified atom stereocenters. The molecule has 0 bridgehead atoms. The van der Waals surface area contributed by atoms with Gasteiger partial charge in [-0.2, -0.15) is 0 Å². The highest BCUT2D eigenvalue weighted by Crippen LogP contribution is 2.57. The minimum absolute atomic E-state index is 0.0192. The summed E-state index contributed by atoms with van der Waals surface area (Å²) < 4.78 is 0. The van der Waals surface area contributed by atoms with Crippen molar-refractivity contribution in [3.8, 4) is 0 Å². The Morgan fingerprint density at radius 3 is 2.80 bits per heavy atom. The van der Waals surface area contributed by atoms with Gasteiger partial charge in [0.2, 0.25) is 0 Å². The van der Waals surface area contributed by atoms with Gasteiger partial charge >= 0.3 is 0 Å². The van der Waals surface area contributed by atoms with E-state index in [9.17, 15) is 5.11 Å². The first kappa shape index (κ1) is 27.7. The molecule has 35 heavy (non-hydrogen) atoms. The molecule has 3 nitrogen and oxygen atoms in total. The predicted molar refractivity (Wildman–Crippen MR) is 149 cm³/mol. The molecule has 194 valence electrons. The number of nitrogens with zero attached hydrogens (tertiary/aromatic N) is 1. The average Bonchev–Trinajstić information content (AvgIpc) is 3.15. The zero-order valence-corrected chi connectivity index (χ0v) is 23.0. The maximum atomic E-state index is 10.1. The second-order valence-corrected chi connectivity index (χ2v) is 12.3. The Bertz CT molecular complexity index is 897. The molecule has 3 aliphatic carbocycles. The van der Waals surface area contributed by atoms with Crippen LogP contribution in [-0.4, -0.2) is 23.5 Å². The van der Waals surface area contributed by atoms with Crippen LogP contribution in [0.15, 0.2) is 64.9 Å². The number of hydrogen-bond acceptors (Lipinski definition) is 3. The lowest BCUT2D eigenvalue weighted by Gasteiger charge is -2.42. The van der Waals surface area contributed by atoms with Crippen molar-refractivity contribution in [3.63, 3.8) is 0 Å². The minimum atomic E-state index is -0.209. The number of hydrogen-bond donors (Lipinski definition) is 1. The van der Waals surface area contributed by atoms with Crippen molar-refractivity contribution in [2.45, 2.75) is 105 Å². The fourth-order valence-electron chi connectivity index (χ4n) is 6.47. The van der Waals surface area contributed by atoms with Gasteiger partial charge in [-0.15, -0.1) is 0 Å².